The summed E-state index contributed by atoms with van der Waals surface area (Å²) in [6, 6.07) is 9.48. The van der Waals surface area contributed by atoms with Gasteiger partial charge in [0, 0.05) is 11.6 Å². The van der Waals surface area contributed by atoms with Crippen LogP contribution in [0.3, 0.4) is 0 Å². The first-order chi connectivity index (χ1) is 10.4. The molecule has 0 saturated carbocycles. The summed E-state index contributed by atoms with van der Waals surface area (Å²) in [5.41, 5.74) is 1.94. The number of ether oxygens (including phenoxy) is 1. The SMILES string of the molecule is COc1ccc(C)cc1C(Cc1ccc(O)cc1O)C(=O)O. The molecule has 1 unspecified atom stereocenters. The fourth-order valence-corrected chi connectivity index (χ4v) is 2.40. The molecule has 0 saturated heterocycles. The average molecular weight is 302 g/mol. The van der Waals surface area contributed by atoms with Gasteiger partial charge in [0.2, 0.25) is 0 Å². The highest BCUT2D eigenvalue weighted by Crippen LogP contribution is 2.33. The van der Waals surface area contributed by atoms with Crippen LogP contribution in [0.25, 0.3) is 0 Å². The molecule has 2 rings (SSSR count). The molecule has 2 aromatic rings. The van der Waals surface area contributed by atoms with Crippen LogP contribution in [-0.4, -0.2) is 28.4 Å². The second kappa shape index (κ2) is 6.39. The summed E-state index contributed by atoms with van der Waals surface area (Å²) in [7, 11) is 1.49. The van der Waals surface area contributed by atoms with E-state index in [2.05, 4.69) is 0 Å². The van der Waals surface area contributed by atoms with E-state index >= 15 is 0 Å². The molecule has 0 aliphatic heterocycles. The maximum atomic E-state index is 11.7. The quantitative estimate of drug-likeness (QED) is 0.790. The largest absolute Gasteiger partial charge is 0.508 e. The van der Waals surface area contributed by atoms with Crippen molar-refractivity contribution >= 4 is 5.97 Å². The lowest BCUT2D eigenvalue weighted by Gasteiger charge is -2.17. The fraction of sp³-hybridized carbons (Fsp3) is 0.235. The Morgan fingerprint density at radius 1 is 1.18 bits per heavy atom. The number of carbonyl (C=O) groups is 1. The van der Waals surface area contributed by atoms with Gasteiger partial charge in [-0.25, -0.2) is 0 Å². The van der Waals surface area contributed by atoms with Crippen LogP contribution in [0.1, 0.15) is 22.6 Å². The van der Waals surface area contributed by atoms with E-state index < -0.39 is 11.9 Å². The van der Waals surface area contributed by atoms with Crippen LogP contribution in [0.4, 0.5) is 0 Å². The second-order valence-corrected chi connectivity index (χ2v) is 5.15. The van der Waals surface area contributed by atoms with Crippen molar-refractivity contribution in [2.45, 2.75) is 19.3 Å². The van der Waals surface area contributed by atoms with E-state index in [4.69, 9.17) is 4.74 Å². The molecule has 1 atom stereocenters. The van der Waals surface area contributed by atoms with E-state index in [1.54, 1.807) is 12.1 Å². The molecule has 5 heteroatoms. The molecule has 116 valence electrons. The van der Waals surface area contributed by atoms with Crippen LogP contribution in [0, 0.1) is 6.92 Å². The highest BCUT2D eigenvalue weighted by atomic mass is 16.5. The third-order valence-corrected chi connectivity index (χ3v) is 3.55. The van der Waals surface area contributed by atoms with Gasteiger partial charge in [0.05, 0.1) is 13.0 Å². The molecule has 0 aromatic heterocycles. The van der Waals surface area contributed by atoms with Crippen molar-refractivity contribution in [3.63, 3.8) is 0 Å². The number of hydrogen-bond acceptors (Lipinski definition) is 4. The number of phenolic OH excluding ortho intramolecular Hbond substituents is 2. The maximum absolute atomic E-state index is 11.7. The van der Waals surface area contributed by atoms with Crippen LogP contribution in [-0.2, 0) is 11.2 Å². The average Bonchev–Trinajstić information content (AvgIpc) is 2.46. The molecular weight excluding hydrogens is 284 g/mol. The van der Waals surface area contributed by atoms with Gasteiger partial charge in [-0.05, 0) is 31.0 Å². The molecule has 2 aromatic carbocycles. The van der Waals surface area contributed by atoms with Gasteiger partial charge in [0.15, 0.2) is 0 Å². The molecule has 0 aliphatic carbocycles. The summed E-state index contributed by atoms with van der Waals surface area (Å²) in [5, 5.41) is 28.7. The van der Waals surface area contributed by atoms with E-state index in [0.29, 0.717) is 16.9 Å². The van der Waals surface area contributed by atoms with Crippen molar-refractivity contribution < 1.29 is 24.9 Å². The lowest BCUT2D eigenvalue weighted by atomic mass is 9.90. The van der Waals surface area contributed by atoms with Crippen molar-refractivity contribution in [2.24, 2.45) is 0 Å². The van der Waals surface area contributed by atoms with Crippen LogP contribution < -0.4 is 4.74 Å². The van der Waals surface area contributed by atoms with Crippen molar-refractivity contribution in [3.8, 4) is 17.2 Å². The zero-order chi connectivity index (χ0) is 16.3. The first-order valence-corrected chi connectivity index (χ1v) is 6.80. The first-order valence-electron chi connectivity index (χ1n) is 6.80. The minimum atomic E-state index is -1.00. The first kappa shape index (κ1) is 15.7. The maximum Gasteiger partial charge on any atom is 0.311 e. The van der Waals surface area contributed by atoms with E-state index in [9.17, 15) is 20.1 Å². The molecule has 0 amide bonds. The van der Waals surface area contributed by atoms with Gasteiger partial charge in [0.1, 0.15) is 17.2 Å². The monoisotopic (exact) mass is 302 g/mol. The number of rotatable bonds is 5. The van der Waals surface area contributed by atoms with Crippen molar-refractivity contribution in [3.05, 3.63) is 53.1 Å². The van der Waals surface area contributed by atoms with E-state index in [1.165, 1.54) is 25.3 Å². The smallest absolute Gasteiger partial charge is 0.311 e. The Kier molecular flexibility index (Phi) is 4.56. The summed E-state index contributed by atoms with van der Waals surface area (Å²) in [5.74, 6) is -1.56. The summed E-state index contributed by atoms with van der Waals surface area (Å²) in [4.78, 5) is 11.7. The Hall–Kier alpha value is -2.69. The van der Waals surface area contributed by atoms with Crippen LogP contribution in [0.5, 0.6) is 17.2 Å². The molecular formula is C17H18O5. The van der Waals surface area contributed by atoms with Gasteiger partial charge < -0.3 is 20.1 Å². The lowest BCUT2D eigenvalue weighted by molar-refractivity contribution is -0.138. The highest BCUT2D eigenvalue weighted by molar-refractivity contribution is 5.78. The van der Waals surface area contributed by atoms with Gasteiger partial charge >= 0.3 is 5.97 Å². The van der Waals surface area contributed by atoms with Gasteiger partial charge in [0.25, 0.3) is 0 Å². The highest BCUT2D eigenvalue weighted by Gasteiger charge is 2.25. The Morgan fingerprint density at radius 3 is 2.50 bits per heavy atom. The fourth-order valence-electron chi connectivity index (χ4n) is 2.40. The Morgan fingerprint density at radius 2 is 1.91 bits per heavy atom. The minimum Gasteiger partial charge on any atom is -0.508 e. The van der Waals surface area contributed by atoms with E-state index in [1.807, 2.05) is 13.0 Å². The number of aliphatic carboxylic acids is 1. The molecule has 0 bridgehead atoms. The number of aromatic hydroxyl groups is 2. The Labute approximate surface area is 128 Å². The lowest BCUT2D eigenvalue weighted by Crippen LogP contribution is -2.15. The summed E-state index contributed by atoms with van der Waals surface area (Å²) < 4.78 is 5.25. The van der Waals surface area contributed by atoms with Gasteiger partial charge in [-0.1, -0.05) is 23.8 Å². The van der Waals surface area contributed by atoms with Crippen molar-refractivity contribution in [1.82, 2.24) is 0 Å². The summed E-state index contributed by atoms with van der Waals surface area (Å²) in [6.45, 7) is 1.87. The van der Waals surface area contributed by atoms with Crippen LogP contribution in [0.2, 0.25) is 0 Å². The summed E-state index contributed by atoms with van der Waals surface area (Å²) in [6.07, 6.45) is 0.0985. The number of hydrogen-bond donors (Lipinski definition) is 3. The van der Waals surface area contributed by atoms with Crippen LogP contribution in [0.15, 0.2) is 36.4 Å². The third kappa shape index (κ3) is 3.31. The third-order valence-electron chi connectivity index (χ3n) is 3.55. The molecule has 5 nitrogen and oxygen atoms in total. The number of aryl methyl sites for hydroxylation is 1. The molecule has 22 heavy (non-hydrogen) atoms. The molecule has 0 radical (unpaired) electrons. The number of carboxylic acid groups (broad SMARTS) is 1. The zero-order valence-electron chi connectivity index (χ0n) is 12.4. The summed E-state index contributed by atoms with van der Waals surface area (Å²) >= 11 is 0. The molecule has 0 heterocycles. The number of carboxylic acids is 1. The van der Waals surface area contributed by atoms with Crippen LogP contribution >= 0.6 is 0 Å². The topological polar surface area (TPSA) is 87.0 Å². The van der Waals surface area contributed by atoms with Gasteiger partial charge in [-0.3, -0.25) is 4.79 Å². The molecule has 0 spiro atoms. The molecule has 3 N–H and O–H groups in total. The Bertz CT molecular complexity index is 693. The minimum absolute atomic E-state index is 0.0683. The van der Waals surface area contributed by atoms with E-state index in [0.717, 1.165) is 5.56 Å². The second-order valence-electron chi connectivity index (χ2n) is 5.15. The predicted octanol–water partition coefficient (Wildman–Crippen LogP) is 2.83. The van der Waals surface area contributed by atoms with E-state index in [-0.39, 0.29) is 17.9 Å². The van der Waals surface area contributed by atoms with Gasteiger partial charge in [-0.2, -0.15) is 0 Å². The zero-order valence-corrected chi connectivity index (χ0v) is 12.4. The number of benzene rings is 2. The standard InChI is InChI=1S/C17H18O5/c1-10-3-6-16(22-2)13(7-10)14(17(20)21)8-11-4-5-12(18)9-15(11)19/h3-7,9,14,18-19H,8H2,1-2H3,(H,20,21). The normalized spacial score (nSPS) is 11.9. The number of methoxy groups -OCH3 is 1. The predicted molar refractivity (Wildman–Crippen MR) is 81.6 cm³/mol. The van der Waals surface area contributed by atoms with Gasteiger partial charge in [-0.15, -0.1) is 0 Å². The molecule has 0 fully saturated rings. The molecule has 0 aliphatic rings. The Balaban J connectivity index is 2.43. The van der Waals surface area contributed by atoms with Crippen molar-refractivity contribution in [2.75, 3.05) is 7.11 Å². The van der Waals surface area contributed by atoms with Crippen molar-refractivity contribution in [1.29, 1.82) is 0 Å². The number of phenols is 2.